The van der Waals surface area contributed by atoms with Gasteiger partial charge in [-0.25, -0.2) is 0 Å². The number of benzene rings is 3. The number of non-ortho nitro benzene ring substituents is 1. The lowest BCUT2D eigenvalue weighted by molar-refractivity contribution is -0.384. The number of ether oxygens (including phenoxy) is 2. The van der Waals surface area contributed by atoms with E-state index in [4.69, 9.17) is 14.3 Å². The molecule has 0 fully saturated rings. The summed E-state index contributed by atoms with van der Waals surface area (Å²) in [6.45, 7) is 2.92. The highest BCUT2D eigenvalue weighted by molar-refractivity contribution is 9.10. The van der Waals surface area contributed by atoms with Crippen molar-refractivity contribution in [2.24, 2.45) is 5.16 Å². The average Bonchev–Trinajstić information content (AvgIpc) is 2.77. The first-order valence-electron chi connectivity index (χ1n) is 9.58. The third kappa shape index (κ3) is 6.55. The van der Waals surface area contributed by atoms with Crippen molar-refractivity contribution in [2.75, 3.05) is 6.61 Å². The Hall–Kier alpha value is -3.39. The van der Waals surface area contributed by atoms with Crippen LogP contribution in [0, 0.1) is 10.1 Å². The van der Waals surface area contributed by atoms with E-state index in [9.17, 15) is 10.1 Å². The first kappa shape index (κ1) is 22.3. The predicted octanol–water partition coefficient (Wildman–Crippen LogP) is 5.89. The Morgan fingerprint density at radius 3 is 2.52 bits per heavy atom. The fraction of sp³-hybridized carbons (Fsp3) is 0.174. The van der Waals surface area contributed by atoms with Gasteiger partial charge in [-0.05, 0) is 46.1 Å². The molecule has 3 aromatic rings. The Kier molecular flexibility index (Phi) is 8.00. The van der Waals surface area contributed by atoms with Crippen LogP contribution in [-0.2, 0) is 18.1 Å². The van der Waals surface area contributed by atoms with Gasteiger partial charge >= 0.3 is 0 Å². The summed E-state index contributed by atoms with van der Waals surface area (Å²) >= 11 is 3.54. The Labute approximate surface area is 188 Å². The second-order valence-corrected chi connectivity index (χ2v) is 7.33. The molecule has 0 amide bonds. The summed E-state index contributed by atoms with van der Waals surface area (Å²) in [5, 5.41) is 14.8. The number of nitrogens with zero attached hydrogens (tertiary/aromatic N) is 2. The second kappa shape index (κ2) is 11.1. The highest BCUT2D eigenvalue weighted by Crippen LogP contribution is 2.37. The number of nitro benzene ring substituents is 1. The van der Waals surface area contributed by atoms with E-state index < -0.39 is 4.92 Å². The molecule has 0 N–H and O–H groups in total. The molecule has 0 spiro atoms. The fourth-order valence-electron chi connectivity index (χ4n) is 2.76. The highest BCUT2D eigenvalue weighted by Gasteiger charge is 2.12. The third-order valence-electron chi connectivity index (χ3n) is 4.19. The number of halogens is 1. The second-order valence-electron chi connectivity index (χ2n) is 6.47. The van der Waals surface area contributed by atoms with Gasteiger partial charge in [0.25, 0.3) is 5.69 Å². The van der Waals surface area contributed by atoms with Crippen molar-refractivity contribution in [2.45, 2.75) is 20.1 Å². The summed E-state index contributed by atoms with van der Waals surface area (Å²) in [4.78, 5) is 15.7. The highest BCUT2D eigenvalue weighted by atomic mass is 79.9. The van der Waals surface area contributed by atoms with E-state index in [-0.39, 0.29) is 12.3 Å². The molecule has 0 aliphatic rings. The summed E-state index contributed by atoms with van der Waals surface area (Å²) in [6.07, 6.45) is 1.55. The number of rotatable bonds is 10. The van der Waals surface area contributed by atoms with Crippen LogP contribution in [0.2, 0.25) is 0 Å². The molecule has 160 valence electrons. The fourth-order valence-corrected chi connectivity index (χ4v) is 3.34. The first-order valence-corrected chi connectivity index (χ1v) is 10.4. The van der Waals surface area contributed by atoms with Gasteiger partial charge < -0.3 is 14.3 Å². The number of hydrogen-bond donors (Lipinski definition) is 0. The predicted molar refractivity (Wildman–Crippen MR) is 122 cm³/mol. The third-order valence-corrected chi connectivity index (χ3v) is 4.78. The van der Waals surface area contributed by atoms with Crippen LogP contribution < -0.4 is 9.47 Å². The van der Waals surface area contributed by atoms with Crippen molar-refractivity contribution < 1.29 is 19.2 Å². The maximum Gasteiger partial charge on any atom is 0.269 e. The molecule has 7 nitrogen and oxygen atoms in total. The monoisotopic (exact) mass is 484 g/mol. The van der Waals surface area contributed by atoms with Gasteiger partial charge in [-0.2, -0.15) is 0 Å². The Bertz CT molecular complexity index is 1060. The van der Waals surface area contributed by atoms with Crippen molar-refractivity contribution in [1.82, 2.24) is 0 Å². The van der Waals surface area contributed by atoms with Crippen molar-refractivity contribution in [1.29, 1.82) is 0 Å². The summed E-state index contributed by atoms with van der Waals surface area (Å²) in [7, 11) is 0. The standard InChI is InChI=1S/C23H21BrN2O5/c1-2-29-22-13-19(12-21(24)23(22)30-15-17-7-4-3-5-8-17)14-25-31-16-18-9-6-10-20(11-18)26(27)28/h3-14H,2,15-16H2,1H3/b25-14-. The van der Waals surface area contributed by atoms with Gasteiger partial charge in [0, 0.05) is 17.7 Å². The Morgan fingerprint density at radius 2 is 1.77 bits per heavy atom. The van der Waals surface area contributed by atoms with E-state index in [1.165, 1.54) is 12.1 Å². The topological polar surface area (TPSA) is 83.2 Å². The molecule has 0 radical (unpaired) electrons. The Morgan fingerprint density at radius 1 is 1.00 bits per heavy atom. The van der Waals surface area contributed by atoms with Crippen LogP contribution in [0.3, 0.4) is 0 Å². The minimum atomic E-state index is -0.443. The van der Waals surface area contributed by atoms with E-state index in [2.05, 4.69) is 21.1 Å². The van der Waals surface area contributed by atoms with Crippen molar-refractivity contribution in [3.8, 4) is 11.5 Å². The molecule has 3 aromatic carbocycles. The van der Waals surface area contributed by atoms with Gasteiger partial charge in [0.15, 0.2) is 11.5 Å². The zero-order valence-corrected chi connectivity index (χ0v) is 18.4. The van der Waals surface area contributed by atoms with Crippen molar-refractivity contribution >= 4 is 27.8 Å². The summed E-state index contributed by atoms with van der Waals surface area (Å²) in [5.74, 6) is 1.20. The molecule has 0 saturated heterocycles. The lowest BCUT2D eigenvalue weighted by Gasteiger charge is -2.14. The van der Waals surface area contributed by atoms with Gasteiger partial charge in [-0.1, -0.05) is 47.6 Å². The minimum absolute atomic E-state index is 0.0152. The number of oxime groups is 1. The van der Waals surface area contributed by atoms with Gasteiger partial charge in [0.05, 0.1) is 22.2 Å². The smallest absolute Gasteiger partial charge is 0.269 e. The van der Waals surface area contributed by atoms with Crippen molar-refractivity contribution in [3.05, 3.63) is 98.0 Å². The zero-order valence-electron chi connectivity index (χ0n) is 16.9. The van der Waals surface area contributed by atoms with Crippen LogP contribution in [0.5, 0.6) is 11.5 Å². The number of hydrogen-bond acceptors (Lipinski definition) is 6. The maximum absolute atomic E-state index is 10.8. The van der Waals surface area contributed by atoms with Crippen LogP contribution in [0.25, 0.3) is 0 Å². The molecule has 0 aromatic heterocycles. The lowest BCUT2D eigenvalue weighted by Crippen LogP contribution is -2.01. The van der Waals surface area contributed by atoms with E-state index in [0.717, 1.165) is 15.6 Å². The molecule has 0 aliphatic heterocycles. The van der Waals surface area contributed by atoms with Crippen LogP contribution in [-0.4, -0.2) is 17.7 Å². The van der Waals surface area contributed by atoms with E-state index in [1.807, 2.05) is 49.4 Å². The lowest BCUT2D eigenvalue weighted by atomic mass is 10.2. The van der Waals surface area contributed by atoms with Crippen LogP contribution in [0.15, 0.2) is 76.4 Å². The number of nitro groups is 1. The molecule has 8 heteroatoms. The molecule has 31 heavy (non-hydrogen) atoms. The summed E-state index contributed by atoms with van der Waals surface area (Å²) < 4.78 is 12.4. The molecule has 0 aliphatic carbocycles. The van der Waals surface area contributed by atoms with Crippen LogP contribution >= 0.6 is 15.9 Å². The molecule has 0 heterocycles. The average molecular weight is 485 g/mol. The van der Waals surface area contributed by atoms with Gasteiger partial charge in [0.2, 0.25) is 0 Å². The molecule has 3 rings (SSSR count). The Balaban J connectivity index is 1.67. The SMILES string of the molecule is CCOc1cc(/C=N\OCc2cccc([N+](=O)[O-])c2)cc(Br)c1OCc1ccccc1. The van der Waals surface area contributed by atoms with Crippen LogP contribution in [0.1, 0.15) is 23.6 Å². The van der Waals surface area contributed by atoms with E-state index >= 15 is 0 Å². The van der Waals surface area contributed by atoms with Crippen LogP contribution in [0.4, 0.5) is 5.69 Å². The van der Waals surface area contributed by atoms with Crippen molar-refractivity contribution in [3.63, 3.8) is 0 Å². The molecule has 0 unspecified atom stereocenters. The summed E-state index contributed by atoms with van der Waals surface area (Å²) in [6, 6.07) is 19.8. The first-order chi connectivity index (χ1) is 15.1. The van der Waals surface area contributed by atoms with Gasteiger partial charge in [0.1, 0.15) is 13.2 Å². The van der Waals surface area contributed by atoms with E-state index in [0.29, 0.717) is 30.3 Å². The zero-order chi connectivity index (χ0) is 22.1. The van der Waals surface area contributed by atoms with Gasteiger partial charge in [-0.15, -0.1) is 0 Å². The largest absolute Gasteiger partial charge is 0.490 e. The maximum atomic E-state index is 10.8. The molecular weight excluding hydrogens is 464 g/mol. The van der Waals surface area contributed by atoms with Gasteiger partial charge in [-0.3, -0.25) is 10.1 Å². The summed E-state index contributed by atoms with van der Waals surface area (Å²) in [5.41, 5.74) is 2.48. The molecule has 0 bridgehead atoms. The molecule has 0 atom stereocenters. The molecular formula is C23H21BrN2O5. The quantitative estimate of drug-likeness (QED) is 0.203. The molecule has 0 saturated carbocycles. The van der Waals surface area contributed by atoms with E-state index in [1.54, 1.807) is 18.3 Å². The normalized spacial score (nSPS) is 10.8. The minimum Gasteiger partial charge on any atom is -0.490 e.